The van der Waals surface area contributed by atoms with Crippen LogP contribution in [-0.2, 0) is 9.59 Å². The summed E-state index contributed by atoms with van der Waals surface area (Å²) in [6.07, 6.45) is 8.23. The van der Waals surface area contributed by atoms with E-state index in [2.05, 4.69) is 13.8 Å². The maximum atomic E-state index is 12.8. The number of amides is 2. The van der Waals surface area contributed by atoms with Gasteiger partial charge in [-0.1, -0.05) is 33.1 Å². The van der Waals surface area contributed by atoms with E-state index in [1.807, 2.05) is 9.80 Å². The van der Waals surface area contributed by atoms with E-state index in [0.29, 0.717) is 18.9 Å². The molecule has 2 rings (SSSR count). The Labute approximate surface area is 128 Å². The van der Waals surface area contributed by atoms with Gasteiger partial charge in [0.1, 0.15) is 6.04 Å². The number of nitrogens with zero attached hydrogens (tertiary/aromatic N) is 2. The van der Waals surface area contributed by atoms with E-state index in [0.717, 1.165) is 38.8 Å². The van der Waals surface area contributed by atoms with Crippen molar-refractivity contribution in [2.45, 2.75) is 71.3 Å². The molecule has 2 heterocycles. The minimum atomic E-state index is -0.169. The number of rotatable bonds is 6. The zero-order chi connectivity index (χ0) is 15.2. The van der Waals surface area contributed by atoms with Gasteiger partial charge in [-0.05, 0) is 31.6 Å². The molecule has 0 aromatic rings. The van der Waals surface area contributed by atoms with E-state index in [1.165, 1.54) is 19.3 Å². The summed E-state index contributed by atoms with van der Waals surface area (Å²) in [5.41, 5.74) is 0. The zero-order valence-corrected chi connectivity index (χ0v) is 13.6. The SMILES string of the molecule is CCCCC(CC)CN1CCC(=O)N2CCCCC2C1=O. The first kappa shape index (κ1) is 16.3. The molecule has 0 radical (unpaired) electrons. The topological polar surface area (TPSA) is 40.6 Å². The first-order chi connectivity index (χ1) is 10.2. The van der Waals surface area contributed by atoms with Crippen LogP contribution in [0.2, 0.25) is 0 Å². The van der Waals surface area contributed by atoms with E-state index >= 15 is 0 Å². The number of unbranched alkanes of at least 4 members (excludes halogenated alkanes) is 1. The smallest absolute Gasteiger partial charge is 0.245 e. The summed E-state index contributed by atoms with van der Waals surface area (Å²) >= 11 is 0. The van der Waals surface area contributed by atoms with Gasteiger partial charge in [-0.25, -0.2) is 0 Å². The van der Waals surface area contributed by atoms with E-state index in [1.54, 1.807) is 0 Å². The highest BCUT2D eigenvalue weighted by Crippen LogP contribution is 2.24. The Kier molecular flexibility index (Phi) is 6.07. The highest BCUT2D eigenvalue weighted by molar-refractivity contribution is 5.90. The van der Waals surface area contributed by atoms with Gasteiger partial charge in [-0.3, -0.25) is 9.59 Å². The highest BCUT2D eigenvalue weighted by Gasteiger charge is 2.37. The fourth-order valence-corrected chi connectivity index (χ4v) is 3.59. The lowest BCUT2D eigenvalue weighted by molar-refractivity contribution is -0.143. The summed E-state index contributed by atoms with van der Waals surface area (Å²) in [6, 6.07) is -0.169. The first-order valence-electron chi connectivity index (χ1n) is 8.75. The summed E-state index contributed by atoms with van der Waals surface area (Å²) in [5, 5.41) is 0. The van der Waals surface area contributed by atoms with Crippen LogP contribution in [0.25, 0.3) is 0 Å². The molecule has 4 heteroatoms. The quantitative estimate of drug-likeness (QED) is 0.756. The molecule has 0 aliphatic carbocycles. The van der Waals surface area contributed by atoms with Crippen molar-refractivity contribution in [3.8, 4) is 0 Å². The van der Waals surface area contributed by atoms with Gasteiger partial charge >= 0.3 is 0 Å². The van der Waals surface area contributed by atoms with Gasteiger partial charge in [-0.15, -0.1) is 0 Å². The Balaban J connectivity index is 2.02. The largest absolute Gasteiger partial charge is 0.340 e. The molecule has 0 saturated carbocycles. The number of hydrogen-bond acceptors (Lipinski definition) is 2. The Hall–Kier alpha value is -1.06. The van der Waals surface area contributed by atoms with Crippen LogP contribution in [0, 0.1) is 5.92 Å². The third-order valence-electron chi connectivity index (χ3n) is 5.04. The standard InChI is InChI=1S/C17H30N2O2/c1-3-5-8-14(4-2)13-18-12-10-16(20)19-11-7-6-9-15(19)17(18)21/h14-15H,3-13H2,1-2H3. The number of hydrogen-bond donors (Lipinski definition) is 0. The van der Waals surface area contributed by atoms with Crippen molar-refractivity contribution in [2.75, 3.05) is 19.6 Å². The van der Waals surface area contributed by atoms with Crippen LogP contribution in [0.15, 0.2) is 0 Å². The molecule has 2 amide bonds. The second-order valence-corrected chi connectivity index (χ2v) is 6.55. The number of piperidine rings is 1. The minimum Gasteiger partial charge on any atom is -0.340 e. The highest BCUT2D eigenvalue weighted by atomic mass is 16.2. The molecule has 0 N–H and O–H groups in total. The molecule has 2 unspecified atom stereocenters. The number of carbonyl (C=O) groups excluding carboxylic acids is 2. The minimum absolute atomic E-state index is 0.169. The van der Waals surface area contributed by atoms with Crippen LogP contribution in [0.5, 0.6) is 0 Å². The maximum Gasteiger partial charge on any atom is 0.245 e. The van der Waals surface area contributed by atoms with Crippen LogP contribution >= 0.6 is 0 Å². The van der Waals surface area contributed by atoms with Gasteiger partial charge < -0.3 is 9.80 Å². The van der Waals surface area contributed by atoms with Crippen LogP contribution in [0.4, 0.5) is 0 Å². The normalized spacial score (nSPS) is 24.8. The summed E-state index contributed by atoms with van der Waals surface area (Å²) < 4.78 is 0. The van der Waals surface area contributed by atoms with Crippen LogP contribution < -0.4 is 0 Å². The molecule has 21 heavy (non-hydrogen) atoms. The van der Waals surface area contributed by atoms with Crippen molar-refractivity contribution in [1.82, 2.24) is 9.80 Å². The van der Waals surface area contributed by atoms with Gasteiger partial charge in [-0.2, -0.15) is 0 Å². The second kappa shape index (κ2) is 7.81. The van der Waals surface area contributed by atoms with E-state index in [-0.39, 0.29) is 17.9 Å². The van der Waals surface area contributed by atoms with Crippen LogP contribution in [0.1, 0.15) is 65.2 Å². The average molecular weight is 294 g/mol. The Bertz CT molecular complexity index is 370. The molecule has 2 saturated heterocycles. The number of fused-ring (bicyclic) bond motifs is 1. The average Bonchev–Trinajstić information content (AvgIpc) is 2.63. The molecule has 0 aromatic heterocycles. The lowest BCUT2D eigenvalue weighted by atomic mass is 9.97. The third-order valence-corrected chi connectivity index (χ3v) is 5.04. The monoisotopic (exact) mass is 294 g/mol. The third kappa shape index (κ3) is 3.98. The fraction of sp³-hybridized carbons (Fsp3) is 0.882. The molecule has 2 atom stereocenters. The number of carbonyl (C=O) groups is 2. The molecular formula is C17H30N2O2. The van der Waals surface area contributed by atoms with Crippen molar-refractivity contribution in [2.24, 2.45) is 5.92 Å². The second-order valence-electron chi connectivity index (χ2n) is 6.55. The lowest BCUT2D eigenvalue weighted by Crippen LogP contribution is -2.50. The molecule has 4 nitrogen and oxygen atoms in total. The first-order valence-corrected chi connectivity index (χ1v) is 8.75. The van der Waals surface area contributed by atoms with Crippen LogP contribution in [0.3, 0.4) is 0 Å². The Morgan fingerprint density at radius 3 is 2.71 bits per heavy atom. The Morgan fingerprint density at radius 2 is 2.00 bits per heavy atom. The molecule has 120 valence electrons. The van der Waals surface area contributed by atoms with Gasteiger partial charge in [0.2, 0.25) is 11.8 Å². The summed E-state index contributed by atoms with van der Waals surface area (Å²) in [4.78, 5) is 28.8. The van der Waals surface area contributed by atoms with Crippen molar-refractivity contribution < 1.29 is 9.59 Å². The van der Waals surface area contributed by atoms with Gasteiger partial charge in [0.15, 0.2) is 0 Å². The van der Waals surface area contributed by atoms with Crippen LogP contribution in [-0.4, -0.2) is 47.3 Å². The van der Waals surface area contributed by atoms with Gasteiger partial charge in [0.05, 0.1) is 0 Å². The fourth-order valence-electron chi connectivity index (χ4n) is 3.59. The predicted molar refractivity (Wildman–Crippen MR) is 83.9 cm³/mol. The van der Waals surface area contributed by atoms with E-state index in [4.69, 9.17) is 0 Å². The molecule has 0 bridgehead atoms. The van der Waals surface area contributed by atoms with E-state index in [9.17, 15) is 9.59 Å². The van der Waals surface area contributed by atoms with Crippen molar-refractivity contribution >= 4 is 11.8 Å². The molecule has 2 aliphatic rings. The molecule has 0 aromatic carbocycles. The maximum absolute atomic E-state index is 12.8. The molecule has 2 aliphatic heterocycles. The zero-order valence-electron chi connectivity index (χ0n) is 13.6. The molecule has 2 fully saturated rings. The molecule has 0 spiro atoms. The van der Waals surface area contributed by atoms with E-state index < -0.39 is 0 Å². The lowest BCUT2D eigenvalue weighted by Gasteiger charge is -2.35. The van der Waals surface area contributed by atoms with Gasteiger partial charge in [0.25, 0.3) is 0 Å². The molecular weight excluding hydrogens is 264 g/mol. The Morgan fingerprint density at radius 1 is 1.19 bits per heavy atom. The van der Waals surface area contributed by atoms with Crippen molar-refractivity contribution in [3.05, 3.63) is 0 Å². The summed E-state index contributed by atoms with van der Waals surface area (Å²) in [5.74, 6) is 0.965. The van der Waals surface area contributed by atoms with Crippen molar-refractivity contribution in [1.29, 1.82) is 0 Å². The summed E-state index contributed by atoms with van der Waals surface area (Å²) in [7, 11) is 0. The predicted octanol–water partition coefficient (Wildman–Crippen LogP) is 2.82. The van der Waals surface area contributed by atoms with Gasteiger partial charge in [0, 0.05) is 26.1 Å². The summed E-state index contributed by atoms with van der Waals surface area (Å²) in [6.45, 7) is 6.65. The van der Waals surface area contributed by atoms with Crippen molar-refractivity contribution in [3.63, 3.8) is 0 Å².